The first-order valence-corrected chi connectivity index (χ1v) is 9.02. The van der Waals surface area contributed by atoms with E-state index < -0.39 is 5.60 Å². The molecule has 1 saturated heterocycles. The van der Waals surface area contributed by atoms with Crippen molar-refractivity contribution in [3.63, 3.8) is 0 Å². The zero-order valence-corrected chi connectivity index (χ0v) is 13.9. The van der Waals surface area contributed by atoms with Gasteiger partial charge in [0.1, 0.15) is 5.60 Å². The number of piperidine rings is 1. The maximum absolute atomic E-state index is 11.1. The molecule has 1 N–H and O–H groups in total. The second-order valence-electron chi connectivity index (χ2n) is 6.44. The molecule has 2 heterocycles. The minimum atomic E-state index is -0.656. The van der Waals surface area contributed by atoms with Crippen molar-refractivity contribution in [3.05, 3.63) is 71.1 Å². The molecule has 0 unspecified atom stereocenters. The number of aliphatic hydroxyl groups is 1. The molecule has 1 aliphatic rings. The van der Waals surface area contributed by atoms with E-state index in [9.17, 15) is 5.11 Å². The van der Waals surface area contributed by atoms with E-state index in [1.165, 1.54) is 15.6 Å². The van der Waals surface area contributed by atoms with Crippen LogP contribution in [0, 0.1) is 0 Å². The summed E-state index contributed by atoms with van der Waals surface area (Å²) in [5, 5.41) is 12.4. The zero-order valence-electron chi connectivity index (χ0n) is 13.1. The van der Waals surface area contributed by atoms with Crippen molar-refractivity contribution in [1.29, 1.82) is 0 Å². The van der Waals surface area contributed by atoms with Gasteiger partial charge in [0.05, 0.1) is 0 Å². The van der Waals surface area contributed by atoms with Crippen LogP contribution in [0.2, 0.25) is 0 Å². The van der Waals surface area contributed by atoms with Gasteiger partial charge in [-0.05, 0) is 35.9 Å². The summed E-state index contributed by atoms with van der Waals surface area (Å²) < 4.78 is 1.27. The van der Waals surface area contributed by atoms with Gasteiger partial charge in [-0.15, -0.1) is 11.3 Å². The summed E-state index contributed by atoms with van der Waals surface area (Å²) in [6.07, 6.45) is 1.62. The first-order chi connectivity index (χ1) is 11.2. The first-order valence-electron chi connectivity index (χ1n) is 8.21. The van der Waals surface area contributed by atoms with Crippen molar-refractivity contribution in [3.8, 4) is 0 Å². The van der Waals surface area contributed by atoms with E-state index in [0.29, 0.717) is 0 Å². The van der Waals surface area contributed by atoms with Crippen molar-refractivity contribution in [1.82, 2.24) is 4.90 Å². The average molecular weight is 323 g/mol. The van der Waals surface area contributed by atoms with Crippen molar-refractivity contribution in [2.45, 2.75) is 25.0 Å². The summed E-state index contributed by atoms with van der Waals surface area (Å²) in [4.78, 5) is 3.56. The Hall–Kier alpha value is -1.68. The predicted octanol–water partition coefficient (Wildman–Crippen LogP) is 4.38. The van der Waals surface area contributed by atoms with Crippen molar-refractivity contribution in [2.24, 2.45) is 0 Å². The molecule has 0 saturated carbocycles. The number of benzene rings is 2. The van der Waals surface area contributed by atoms with Gasteiger partial charge in [0.25, 0.3) is 0 Å². The number of hydrogen-bond donors (Lipinski definition) is 1. The Kier molecular flexibility index (Phi) is 3.93. The molecular formula is C20H21NOS. The van der Waals surface area contributed by atoms with Gasteiger partial charge < -0.3 is 5.11 Å². The quantitative estimate of drug-likeness (QED) is 0.773. The molecule has 1 aromatic heterocycles. The summed E-state index contributed by atoms with van der Waals surface area (Å²) in [5.74, 6) is 0. The van der Waals surface area contributed by atoms with Gasteiger partial charge in [-0.25, -0.2) is 0 Å². The lowest BCUT2D eigenvalue weighted by Gasteiger charge is -2.37. The van der Waals surface area contributed by atoms with E-state index in [1.807, 2.05) is 0 Å². The maximum atomic E-state index is 11.1. The molecule has 0 radical (unpaired) electrons. The van der Waals surface area contributed by atoms with Crippen LogP contribution in [0.4, 0.5) is 0 Å². The minimum absolute atomic E-state index is 0.656. The fourth-order valence-electron chi connectivity index (χ4n) is 3.38. The van der Waals surface area contributed by atoms with Gasteiger partial charge >= 0.3 is 0 Å². The van der Waals surface area contributed by atoms with E-state index in [4.69, 9.17) is 0 Å². The number of rotatable bonds is 3. The number of hydrogen-bond acceptors (Lipinski definition) is 3. The van der Waals surface area contributed by atoms with Crippen LogP contribution in [0.5, 0.6) is 0 Å². The highest BCUT2D eigenvalue weighted by Crippen LogP contribution is 2.39. The van der Waals surface area contributed by atoms with Crippen molar-refractivity contribution >= 4 is 21.4 Å². The van der Waals surface area contributed by atoms with Gasteiger partial charge in [-0.3, -0.25) is 4.90 Å². The molecule has 3 aromatic rings. The summed E-state index contributed by atoms with van der Waals surface area (Å²) in [6, 6.07) is 21.1. The molecule has 3 heteroatoms. The monoisotopic (exact) mass is 323 g/mol. The van der Waals surface area contributed by atoms with Crippen LogP contribution in [-0.2, 0) is 12.1 Å². The molecular weight excluding hydrogens is 302 g/mol. The summed E-state index contributed by atoms with van der Waals surface area (Å²) in [6.45, 7) is 2.86. The Balaban J connectivity index is 1.47. The van der Waals surface area contributed by atoms with Gasteiger partial charge in [0.2, 0.25) is 0 Å². The highest BCUT2D eigenvalue weighted by atomic mass is 32.1. The molecule has 118 valence electrons. The number of thiophene rings is 1. The standard InChI is InChI=1S/C20H21NOS/c22-20(19-14-17-8-4-5-9-18(17)23-19)10-12-21(13-11-20)15-16-6-2-1-3-7-16/h1-9,14,22H,10-13,15H2. The molecule has 2 nitrogen and oxygen atoms in total. The Morgan fingerprint density at radius 1 is 0.957 bits per heavy atom. The molecule has 1 aliphatic heterocycles. The van der Waals surface area contributed by atoms with Crippen LogP contribution >= 0.6 is 11.3 Å². The molecule has 0 aliphatic carbocycles. The van der Waals surface area contributed by atoms with Crippen LogP contribution < -0.4 is 0 Å². The van der Waals surface area contributed by atoms with E-state index in [-0.39, 0.29) is 0 Å². The molecule has 0 bridgehead atoms. The third-order valence-electron chi connectivity index (χ3n) is 4.82. The molecule has 1 fully saturated rings. The van der Waals surface area contributed by atoms with Gasteiger partial charge in [0.15, 0.2) is 0 Å². The number of nitrogens with zero attached hydrogens (tertiary/aromatic N) is 1. The van der Waals surface area contributed by atoms with Crippen LogP contribution in [0.15, 0.2) is 60.7 Å². The third kappa shape index (κ3) is 3.05. The molecule has 4 rings (SSSR count). The fourth-order valence-corrected chi connectivity index (χ4v) is 4.59. The minimum Gasteiger partial charge on any atom is -0.384 e. The largest absolute Gasteiger partial charge is 0.384 e. The van der Waals surface area contributed by atoms with Crippen LogP contribution in [-0.4, -0.2) is 23.1 Å². The van der Waals surface area contributed by atoms with Gasteiger partial charge in [-0.2, -0.15) is 0 Å². The number of fused-ring (bicyclic) bond motifs is 1. The molecule has 0 atom stereocenters. The highest BCUT2D eigenvalue weighted by Gasteiger charge is 2.35. The van der Waals surface area contributed by atoms with Gasteiger partial charge in [-0.1, -0.05) is 48.5 Å². The van der Waals surface area contributed by atoms with Crippen molar-refractivity contribution in [2.75, 3.05) is 13.1 Å². The Morgan fingerprint density at radius 3 is 2.39 bits per heavy atom. The predicted molar refractivity (Wildman–Crippen MR) is 96.7 cm³/mol. The van der Waals surface area contributed by atoms with E-state index >= 15 is 0 Å². The van der Waals surface area contributed by atoms with E-state index in [2.05, 4.69) is 65.6 Å². The molecule has 0 spiro atoms. The Labute approximate surface area is 141 Å². The smallest absolute Gasteiger partial charge is 0.101 e. The van der Waals surface area contributed by atoms with Gasteiger partial charge in [0, 0.05) is 29.2 Å². The molecule has 23 heavy (non-hydrogen) atoms. The lowest BCUT2D eigenvalue weighted by molar-refractivity contribution is -0.0247. The SMILES string of the molecule is OC1(c2cc3ccccc3s2)CCN(Cc2ccccc2)CC1. The van der Waals surface area contributed by atoms with Crippen molar-refractivity contribution < 1.29 is 5.11 Å². The lowest BCUT2D eigenvalue weighted by atomic mass is 9.89. The van der Waals surface area contributed by atoms with Crippen LogP contribution in [0.1, 0.15) is 23.3 Å². The van der Waals surface area contributed by atoms with Crippen LogP contribution in [0.25, 0.3) is 10.1 Å². The Bertz CT molecular complexity index is 755. The second-order valence-corrected chi connectivity index (χ2v) is 7.53. The third-order valence-corrected chi connectivity index (χ3v) is 6.13. The topological polar surface area (TPSA) is 23.5 Å². The maximum Gasteiger partial charge on any atom is 0.101 e. The van der Waals surface area contributed by atoms with E-state index in [0.717, 1.165) is 37.4 Å². The second kappa shape index (κ2) is 6.08. The molecule has 2 aromatic carbocycles. The lowest BCUT2D eigenvalue weighted by Crippen LogP contribution is -2.41. The Morgan fingerprint density at radius 2 is 1.65 bits per heavy atom. The molecule has 0 amide bonds. The van der Waals surface area contributed by atoms with Crippen LogP contribution in [0.3, 0.4) is 0 Å². The highest BCUT2D eigenvalue weighted by molar-refractivity contribution is 7.19. The zero-order chi connectivity index (χ0) is 15.7. The average Bonchev–Trinajstić information content (AvgIpc) is 3.03. The summed E-state index contributed by atoms with van der Waals surface area (Å²) in [7, 11) is 0. The normalized spacial score (nSPS) is 18.3. The fraction of sp³-hybridized carbons (Fsp3) is 0.300. The summed E-state index contributed by atoms with van der Waals surface area (Å²) >= 11 is 1.74. The number of likely N-dealkylation sites (tertiary alicyclic amines) is 1. The summed E-state index contributed by atoms with van der Waals surface area (Å²) in [5.41, 5.74) is 0.691. The first kappa shape index (κ1) is 14.9. The van der Waals surface area contributed by atoms with E-state index in [1.54, 1.807) is 11.3 Å².